The molecule has 3 rings (SSSR count). The number of ether oxygens (including phenoxy) is 1. The Morgan fingerprint density at radius 2 is 1.59 bits per heavy atom. The van der Waals surface area contributed by atoms with Gasteiger partial charge in [0.15, 0.2) is 0 Å². The van der Waals surface area contributed by atoms with Crippen molar-refractivity contribution in [3.8, 4) is 11.1 Å². The number of rotatable bonds is 5. The van der Waals surface area contributed by atoms with Crippen LogP contribution in [0.25, 0.3) is 11.1 Å². The highest BCUT2D eigenvalue weighted by molar-refractivity contribution is 5.90. The highest BCUT2D eigenvalue weighted by atomic mass is 19.1. The predicted octanol–water partition coefficient (Wildman–Crippen LogP) is 4.94. The Labute approximate surface area is 155 Å². The molecular formula is C21H16FNO4. The molecule has 0 aliphatic carbocycles. The summed E-state index contributed by atoms with van der Waals surface area (Å²) >= 11 is 0. The molecule has 136 valence electrons. The molecule has 0 aliphatic heterocycles. The molecule has 0 fully saturated rings. The minimum absolute atomic E-state index is 0.165. The van der Waals surface area contributed by atoms with E-state index in [1.54, 1.807) is 24.3 Å². The Balaban J connectivity index is 1.64. The van der Waals surface area contributed by atoms with Gasteiger partial charge in [-0.05, 0) is 41.0 Å². The molecule has 3 aromatic carbocycles. The van der Waals surface area contributed by atoms with Crippen molar-refractivity contribution in [3.05, 3.63) is 89.7 Å². The third kappa shape index (κ3) is 4.70. The van der Waals surface area contributed by atoms with Crippen LogP contribution in [0.1, 0.15) is 15.9 Å². The number of halogens is 1. The van der Waals surface area contributed by atoms with Gasteiger partial charge < -0.3 is 9.84 Å². The fraction of sp³-hybridized carbons (Fsp3) is 0.0476. The molecule has 0 heterocycles. The molecule has 3 aromatic rings. The monoisotopic (exact) mass is 365 g/mol. The Hall–Kier alpha value is -3.67. The fourth-order valence-electron chi connectivity index (χ4n) is 2.49. The third-order valence-electron chi connectivity index (χ3n) is 3.87. The average Bonchev–Trinajstić information content (AvgIpc) is 2.68. The zero-order valence-electron chi connectivity index (χ0n) is 14.2. The second kappa shape index (κ2) is 8.14. The summed E-state index contributed by atoms with van der Waals surface area (Å²) in [6.07, 6.45) is -0.582. The van der Waals surface area contributed by atoms with Crippen molar-refractivity contribution in [2.45, 2.75) is 6.61 Å². The molecule has 0 spiro atoms. The number of carbonyl (C=O) groups is 2. The SMILES string of the molecule is O=C(Nc1ccc(-c2ccc(F)c(C(=O)O)c2)cc1)OCc1ccccc1. The quantitative estimate of drug-likeness (QED) is 0.671. The van der Waals surface area contributed by atoms with Crippen molar-refractivity contribution in [2.75, 3.05) is 5.32 Å². The van der Waals surface area contributed by atoms with E-state index < -0.39 is 17.9 Å². The average molecular weight is 365 g/mol. The van der Waals surface area contributed by atoms with Gasteiger partial charge in [0.05, 0.1) is 5.56 Å². The van der Waals surface area contributed by atoms with Crippen LogP contribution in [0.5, 0.6) is 0 Å². The number of aromatic carboxylic acids is 1. The Morgan fingerprint density at radius 1 is 0.926 bits per heavy atom. The Morgan fingerprint density at radius 3 is 2.26 bits per heavy atom. The lowest BCUT2D eigenvalue weighted by Gasteiger charge is -2.09. The highest BCUT2D eigenvalue weighted by Gasteiger charge is 2.12. The smallest absolute Gasteiger partial charge is 0.411 e. The normalized spacial score (nSPS) is 10.3. The van der Waals surface area contributed by atoms with E-state index in [-0.39, 0.29) is 12.2 Å². The predicted molar refractivity (Wildman–Crippen MR) is 99.0 cm³/mol. The summed E-state index contributed by atoms with van der Waals surface area (Å²) in [6.45, 7) is 0.165. The van der Waals surface area contributed by atoms with Gasteiger partial charge in [0.1, 0.15) is 12.4 Å². The highest BCUT2D eigenvalue weighted by Crippen LogP contribution is 2.24. The zero-order valence-corrected chi connectivity index (χ0v) is 14.2. The van der Waals surface area contributed by atoms with Gasteiger partial charge in [-0.15, -0.1) is 0 Å². The molecule has 0 bridgehead atoms. The molecule has 6 heteroatoms. The van der Waals surface area contributed by atoms with E-state index in [0.29, 0.717) is 16.8 Å². The topological polar surface area (TPSA) is 75.6 Å². The molecule has 0 atom stereocenters. The first-order chi connectivity index (χ1) is 13.0. The lowest BCUT2D eigenvalue weighted by Crippen LogP contribution is -2.13. The van der Waals surface area contributed by atoms with E-state index in [0.717, 1.165) is 11.6 Å². The summed E-state index contributed by atoms with van der Waals surface area (Å²) < 4.78 is 18.6. The first-order valence-corrected chi connectivity index (χ1v) is 8.14. The van der Waals surface area contributed by atoms with Crippen LogP contribution in [0.15, 0.2) is 72.8 Å². The number of carboxylic acids is 1. The van der Waals surface area contributed by atoms with Gasteiger partial charge in [-0.3, -0.25) is 5.32 Å². The number of carbonyl (C=O) groups excluding carboxylic acids is 1. The zero-order chi connectivity index (χ0) is 19.2. The van der Waals surface area contributed by atoms with Crippen LogP contribution in [-0.2, 0) is 11.3 Å². The van der Waals surface area contributed by atoms with E-state index >= 15 is 0 Å². The van der Waals surface area contributed by atoms with Crippen LogP contribution < -0.4 is 5.32 Å². The Bertz CT molecular complexity index is 956. The maximum Gasteiger partial charge on any atom is 0.411 e. The number of hydrogen-bond donors (Lipinski definition) is 2. The summed E-state index contributed by atoms with van der Waals surface area (Å²) in [5.41, 5.74) is 2.28. The lowest BCUT2D eigenvalue weighted by atomic mass is 10.0. The molecular weight excluding hydrogens is 349 g/mol. The van der Waals surface area contributed by atoms with E-state index in [2.05, 4.69) is 5.32 Å². The molecule has 5 nitrogen and oxygen atoms in total. The maximum atomic E-state index is 13.5. The summed E-state index contributed by atoms with van der Waals surface area (Å²) in [5, 5.41) is 11.6. The van der Waals surface area contributed by atoms with Crippen LogP contribution in [0, 0.1) is 5.82 Å². The van der Waals surface area contributed by atoms with Gasteiger partial charge in [-0.1, -0.05) is 48.5 Å². The summed E-state index contributed by atoms with van der Waals surface area (Å²) in [7, 11) is 0. The molecule has 27 heavy (non-hydrogen) atoms. The molecule has 1 amide bonds. The minimum Gasteiger partial charge on any atom is -0.478 e. The molecule has 0 unspecified atom stereocenters. The number of benzene rings is 3. The van der Waals surface area contributed by atoms with E-state index in [1.165, 1.54) is 12.1 Å². The minimum atomic E-state index is -1.33. The van der Waals surface area contributed by atoms with Crippen molar-refractivity contribution >= 4 is 17.7 Å². The first-order valence-electron chi connectivity index (χ1n) is 8.14. The van der Waals surface area contributed by atoms with E-state index in [4.69, 9.17) is 9.84 Å². The molecule has 0 radical (unpaired) electrons. The van der Waals surface area contributed by atoms with Gasteiger partial charge in [0, 0.05) is 5.69 Å². The van der Waals surface area contributed by atoms with Gasteiger partial charge in [0.25, 0.3) is 0 Å². The molecule has 0 saturated heterocycles. The third-order valence-corrected chi connectivity index (χ3v) is 3.87. The van der Waals surface area contributed by atoms with Crippen LogP contribution in [0.3, 0.4) is 0 Å². The summed E-state index contributed by atoms with van der Waals surface area (Å²) in [6, 6.07) is 19.9. The summed E-state index contributed by atoms with van der Waals surface area (Å²) in [4.78, 5) is 22.9. The number of nitrogens with one attached hydrogen (secondary N) is 1. The maximum absolute atomic E-state index is 13.5. The molecule has 0 aromatic heterocycles. The number of amides is 1. The largest absolute Gasteiger partial charge is 0.478 e. The van der Waals surface area contributed by atoms with Crippen LogP contribution in [-0.4, -0.2) is 17.2 Å². The van der Waals surface area contributed by atoms with Crippen LogP contribution in [0.4, 0.5) is 14.9 Å². The van der Waals surface area contributed by atoms with Gasteiger partial charge >= 0.3 is 12.1 Å². The van der Waals surface area contributed by atoms with Gasteiger partial charge in [-0.2, -0.15) is 0 Å². The summed E-state index contributed by atoms with van der Waals surface area (Å²) in [5.74, 6) is -2.11. The van der Waals surface area contributed by atoms with Gasteiger partial charge in [0.2, 0.25) is 0 Å². The standard InChI is InChI=1S/C21H16FNO4/c22-19-11-8-16(12-18(19)20(24)25)15-6-9-17(10-7-15)23-21(26)27-13-14-4-2-1-3-5-14/h1-12H,13H2,(H,23,26)(H,24,25). The van der Waals surface area contributed by atoms with Crippen LogP contribution >= 0.6 is 0 Å². The lowest BCUT2D eigenvalue weighted by molar-refractivity contribution is 0.0692. The molecule has 2 N–H and O–H groups in total. The van der Waals surface area contributed by atoms with Gasteiger partial charge in [-0.25, -0.2) is 14.0 Å². The molecule has 0 aliphatic rings. The number of carboxylic acid groups (broad SMARTS) is 1. The Kier molecular flexibility index (Phi) is 5.47. The van der Waals surface area contributed by atoms with E-state index in [9.17, 15) is 14.0 Å². The number of hydrogen-bond acceptors (Lipinski definition) is 3. The second-order valence-corrected chi connectivity index (χ2v) is 5.76. The molecule has 0 saturated carbocycles. The second-order valence-electron chi connectivity index (χ2n) is 5.76. The fourth-order valence-corrected chi connectivity index (χ4v) is 2.49. The van der Waals surface area contributed by atoms with Crippen LogP contribution in [0.2, 0.25) is 0 Å². The van der Waals surface area contributed by atoms with Crippen molar-refractivity contribution in [2.24, 2.45) is 0 Å². The number of anilines is 1. The van der Waals surface area contributed by atoms with Crippen molar-refractivity contribution < 1.29 is 23.8 Å². The van der Waals surface area contributed by atoms with Crippen molar-refractivity contribution in [1.82, 2.24) is 0 Å². The van der Waals surface area contributed by atoms with E-state index in [1.807, 2.05) is 30.3 Å². The van der Waals surface area contributed by atoms with Crippen molar-refractivity contribution in [3.63, 3.8) is 0 Å². The first kappa shape index (κ1) is 18.1. The van der Waals surface area contributed by atoms with Crippen molar-refractivity contribution in [1.29, 1.82) is 0 Å².